The van der Waals surface area contributed by atoms with E-state index in [4.69, 9.17) is 15.9 Å². The van der Waals surface area contributed by atoms with Gasteiger partial charge >= 0.3 is 11.9 Å². The third kappa shape index (κ3) is 10.1. The van der Waals surface area contributed by atoms with Gasteiger partial charge in [0.25, 0.3) is 0 Å². The van der Waals surface area contributed by atoms with E-state index in [9.17, 15) is 29.1 Å². The molecule has 28 heavy (non-hydrogen) atoms. The van der Waals surface area contributed by atoms with Crippen molar-refractivity contribution in [2.24, 2.45) is 5.73 Å². The van der Waals surface area contributed by atoms with Crippen LogP contribution in [0.4, 0.5) is 0 Å². The number of aliphatic carboxylic acids is 2. The second kappa shape index (κ2) is 12.9. The van der Waals surface area contributed by atoms with Gasteiger partial charge in [-0.25, -0.2) is 0 Å². The first-order valence-electron chi connectivity index (χ1n) is 8.24. The first-order valence-corrected chi connectivity index (χ1v) is 9.63. The van der Waals surface area contributed by atoms with E-state index in [1.54, 1.807) is 0 Å². The maximum atomic E-state index is 12.4. The van der Waals surface area contributed by atoms with E-state index in [2.05, 4.69) is 10.6 Å². The summed E-state index contributed by atoms with van der Waals surface area (Å²) < 4.78 is 0. The molecule has 3 amide bonds. The van der Waals surface area contributed by atoms with Crippen molar-refractivity contribution in [2.45, 2.75) is 44.0 Å². The van der Waals surface area contributed by atoms with Gasteiger partial charge in [0, 0.05) is 0 Å². The van der Waals surface area contributed by atoms with Gasteiger partial charge in [-0.3, -0.25) is 24.0 Å². The normalized spacial score (nSPS) is 14.9. The summed E-state index contributed by atoms with van der Waals surface area (Å²) in [4.78, 5) is 57.8. The summed E-state index contributed by atoms with van der Waals surface area (Å²) in [6.07, 6.45) is -0.0378. The number of nitrogens with one attached hydrogen (secondary N) is 3. The first kappa shape index (κ1) is 25.6. The van der Waals surface area contributed by atoms with Crippen molar-refractivity contribution in [3.8, 4) is 0 Å². The molecule has 0 spiro atoms. The van der Waals surface area contributed by atoms with Crippen LogP contribution in [0, 0.1) is 0 Å². The molecule has 0 saturated carbocycles. The van der Waals surface area contributed by atoms with Crippen LogP contribution in [0.5, 0.6) is 0 Å². The lowest BCUT2D eigenvalue weighted by Gasteiger charge is -2.25. The predicted molar refractivity (Wildman–Crippen MR) is 99.4 cm³/mol. The molecular formula is C15H26N4O8S. The number of thioether (sulfide) groups is 1. The minimum absolute atomic E-state index is 0.334. The number of hydrogen-bond acceptors (Lipinski definition) is 8. The summed E-state index contributed by atoms with van der Waals surface area (Å²) in [5.74, 6) is -4.93. The number of carboxylic acids is 2. The topological polar surface area (TPSA) is 208 Å². The molecule has 0 aromatic heterocycles. The Hall–Kier alpha value is -2.38. The molecule has 0 aliphatic rings. The molecular weight excluding hydrogens is 396 g/mol. The molecule has 0 aromatic rings. The highest BCUT2D eigenvalue weighted by atomic mass is 32.2. The Labute approximate surface area is 165 Å². The number of amides is 3. The second-order valence-electron chi connectivity index (χ2n) is 5.89. The van der Waals surface area contributed by atoms with Crippen LogP contribution in [0.2, 0.25) is 0 Å². The van der Waals surface area contributed by atoms with Crippen molar-refractivity contribution < 1.29 is 39.3 Å². The smallest absolute Gasteiger partial charge is 0.322 e. The van der Waals surface area contributed by atoms with Crippen LogP contribution in [0.25, 0.3) is 0 Å². The molecule has 0 aliphatic carbocycles. The molecule has 0 saturated heterocycles. The van der Waals surface area contributed by atoms with Crippen LogP contribution < -0.4 is 21.7 Å². The van der Waals surface area contributed by atoms with E-state index in [1.807, 2.05) is 11.6 Å². The molecule has 8 N–H and O–H groups in total. The Kier molecular flexibility index (Phi) is 11.8. The summed E-state index contributed by atoms with van der Waals surface area (Å²) >= 11 is 1.47. The highest BCUT2D eigenvalue weighted by molar-refractivity contribution is 7.98. The molecule has 160 valence electrons. The Morgan fingerprint density at radius 2 is 1.61 bits per heavy atom. The lowest BCUT2D eigenvalue weighted by Crippen LogP contribution is -2.59. The molecule has 0 heterocycles. The van der Waals surface area contributed by atoms with Crippen molar-refractivity contribution in [1.29, 1.82) is 0 Å². The first-order chi connectivity index (χ1) is 13.0. The van der Waals surface area contributed by atoms with E-state index < -0.39 is 66.9 Å². The number of carbonyl (C=O) groups is 5. The van der Waals surface area contributed by atoms with Gasteiger partial charge in [-0.05, 0) is 25.4 Å². The number of carbonyl (C=O) groups excluding carboxylic acids is 3. The summed E-state index contributed by atoms with van der Waals surface area (Å²) in [6.45, 7) is 0.445. The fourth-order valence-electron chi connectivity index (χ4n) is 1.97. The van der Waals surface area contributed by atoms with Crippen LogP contribution >= 0.6 is 11.8 Å². The molecule has 0 radical (unpaired) electrons. The minimum atomic E-state index is -1.60. The van der Waals surface area contributed by atoms with E-state index in [-0.39, 0.29) is 0 Å². The van der Waals surface area contributed by atoms with Gasteiger partial charge in [0.05, 0.1) is 18.6 Å². The quantitative estimate of drug-likeness (QED) is 0.161. The van der Waals surface area contributed by atoms with E-state index in [1.165, 1.54) is 18.7 Å². The van der Waals surface area contributed by atoms with Gasteiger partial charge in [-0.1, -0.05) is 0 Å². The molecule has 13 heteroatoms. The Balaban J connectivity index is 5.12. The molecule has 0 bridgehead atoms. The lowest BCUT2D eigenvalue weighted by molar-refractivity contribution is -0.142. The summed E-state index contributed by atoms with van der Waals surface area (Å²) in [5.41, 5.74) is 5.70. The van der Waals surface area contributed by atoms with E-state index >= 15 is 0 Å². The molecule has 12 nitrogen and oxygen atoms in total. The third-order valence-electron chi connectivity index (χ3n) is 3.46. The number of rotatable bonds is 13. The maximum Gasteiger partial charge on any atom is 0.322 e. The fourth-order valence-corrected chi connectivity index (χ4v) is 2.46. The third-order valence-corrected chi connectivity index (χ3v) is 4.10. The summed E-state index contributed by atoms with van der Waals surface area (Å²) in [5, 5.41) is 33.6. The van der Waals surface area contributed by atoms with Crippen LogP contribution in [0.3, 0.4) is 0 Å². The van der Waals surface area contributed by atoms with Crippen molar-refractivity contribution in [1.82, 2.24) is 16.0 Å². The summed E-state index contributed by atoms with van der Waals surface area (Å²) in [7, 11) is 0. The van der Waals surface area contributed by atoms with Crippen LogP contribution in [0.1, 0.15) is 19.8 Å². The van der Waals surface area contributed by atoms with E-state index in [0.717, 1.165) is 0 Å². The summed E-state index contributed by atoms with van der Waals surface area (Å²) in [6, 6.07) is -4.01. The van der Waals surface area contributed by atoms with Crippen molar-refractivity contribution in [2.75, 3.05) is 18.6 Å². The zero-order valence-corrected chi connectivity index (χ0v) is 16.3. The minimum Gasteiger partial charge on any atom is -0.481 e. The lowest BCUT2D eigenvalue weighted by atomic mass is 10.1. The Bertz CT molecular complexity index is 586. The fraction of sp³-hybridized carbons (Fsp3) is 0.667. The van der Waals surface area contributed by atoms with Gasteiger partial charge in [-0.15, -0.1) is 0 Å². The van der Waals surface area contributed by atoms with Gasteiger partial charge in [0.1, 0.15) is 18.6 Å². The van der Waals surface area contributed by atoms with Crippen molar-refractivity contribution >= 4 is 41.4 Å². The standard InChI is InChI=1S/C15H26N4O8S/c1-7(20)12(19-13(25)8(16)3-4-28-2)15(27)18-9(5-10(21)22)14(26)17-6-11(23)24/h7-9,12,20H,3-6,16H2,1-2H3,(H,17,26)(H,18,27)(H,19,25)(H,21,22)(H,23,24). The molecule has 4 unspecified atom stereocenters. The number of hydrogen-bond donors (Lipinski definition) is 7. The molecule has 0 aromatic carbocycles. The van der Waals surface area contributed by atoms with Crippen molar-refractivity contribution in [3.05, 3.63) is 0 Å². The van der Waals surface area contributed by atoms with Gasteiger partial charge in [0.15, 0.2) is 0 Å². The average molecular weight is 422 g/mol. The zero-order chi connectivity index (χ0) is 21.9. The average Bonchev–Trinajstić information content (AvgIpc) is 2.60. The van der Waals surface area contributed by atoms with Gasteiger partial charge in [0.2, 0.25) is 17.7 Å². The van der Waals surface area contributed by atoms with Crippen LogP contribution in [-0.4, -0.2) is 87.8 Å². The van der Waals surface area contributed by atoms with Crippen LogP contribution in [0.15, 0.2) is 0 Å². The molecule has 0 rings (SSSR count). The molecule has 0 fully saturated rings. The predicted octanol–water partition coefficient (Wildman–Crippen LogP) is -2.91. The van der Waals surface area contributed by atoms with Gasteiger partial charge < -0.3 is 37.0 Å². The Morgan fingerprint density at radius 1 is 1.00 bits per heavy atom. The number of carboxylic acid groups (broad SMARTS) is 2. The SMILES string of the molecule is CSCCC(N)C(=O)NC(C(=O)NC(CC(=O)O)C(=O)NCC(=O)O)C(C)O. The van der Waals surface area contributed by atoms with E-state index in [0.29, 0.717) is 12.2 Å². The highest BCUT2D eigenvalue weighted by Gasteiger charge is 2.32. The second-order valence-corrected chi connectivity index (χ2v) is 6.87. The Morgan fingerprint density at radius 3 is 2.07 bits per heavy atom. The monoisotopic (exact) mass is 422 g/mol. The molecule has 4 atom stereocenters. The maximum absolute atomic E-state index is 12.4. The molecule has 0 aliphatic heterocycles. The number of nitrogens with two attached hydrogens (primary N) is 1. The zero-order valence-electron chi connectivity index (χ0n) is 15.5. The number of aliphatic hydroxyl groups excluding tert-OH is 1. The number of aliphatic hydroxyl groups is 1. The van der Waals surface area contributed by atoms with Gasteiger partial charge in [-0.2, -0.15) is 11.8 Å². The largest absolute Gasteiger partial charge is 0.481 e. The van der Waals surface area contributed by atoms with Crippen molar-refractivity contribution in [3.63, 3.8) is 0 Å². The highest BCUT2D eigenvalue weighted by Crippen LogP contribution is 2.02. The van der Waals surface area contributed by atoms with Crippen LogP contribution in [-0.2, 0) is 24.0 Å².